The predicted octanol–water partition coefficient (Wildman–Crippen LogP) is 4.02. The molecule has 0 amide bonds. The minimum Gasteiger partial charge on any atom is -0.505 e. The maximum absolute atomic E-state index is 11.0. The van der Waals surface area contributed by atoms with Crippen molar-refractivity contribution in [2.24, 2.45) is 0 Å². The molecule has 2 aromatic carbocycles. The summed E-state index contributed by atoms with van der Waals surface area (Å²) < 4.78 is 0. The molecule has 0 aliphatic carbocycles. The van der Waals surface area contributed by atoms with Gasteiger partial charge in [-0.3, -0.25) is 4.98 Å². The van der Waals surface area contributed by atoms with Crippen LogP contribution in [0, 0.1) is 0 Å². The van der Waals surface area contributed by atoms with Crippen LogP contribution in [0.3, 0.4) is 0 Å². The van der Waals surface area contributed by atoms with Crippen LogP contribution in [0.4, 0.5) is 0 Å². The van der Waals surface area contributed by atoms with Crippen LogP contribution in [0.25, 0.3) is 10.9 Å². The second-order valence-corrected chi connectivity index (χ2v) is 7.39. The molecule has 0 bridgehead atoms. The van der Waals surface area contributed by atoms with Gasteiger partial charge in [0.1, 0.15) is 11.6 Å². The molecule has 2 N–H and O–H groups in total. The predicted molar refractivity (Wildman–Crippen MR) is 102 cm³/mol. The van der Waals surface area contributed by atoms with E-state index in [-0.39, 0.29) is 11.8 Å². The number of fused-ring (bicyclic) bond motifs is 1. The van der Waals surface area contributed by atoms with E-state index in [9.17, 15) is 5.11 Å². The molecule has 1 aliphatic heterocycles. The number of phenolic OH excluding ortho intramolecular Hbond substituents is 1. The van der Waals surface area contributed by atoms with Crippen molar-refractivity contribution in [3.05, 3.63) is 69.8 Å². The highest BCUT2D eigenvalue weighted by Crippen LogP contribution is 2.37. The largest absolute Gasteiger partial charge is 0.505 e. The molecule has 1 saturated heterocycles. The van der Waals surface area contributed by atoms with E-state index in [1.807, 2.05) is 42.5 Å². The highest BCUT2D eigenvalue weighted by atomic mass is 35.5. The lowest BCUT2D eigenvalue weighted by Gasteiger charge is -2.26. The number of nitrogens with one attached hydrogen (secondary N) is 1. The quantitative estimate of drug-likeness (QED) is 0.727. The molecule has 1 atom stereocenters. The van der Waals surface area contributed by atoms with Crippen LogP contribution in [0.1, 0.15) is 30.0 Å². The molecular formula is C20H19Cl2N2O+. The van der Waals surface area contributed by atoms with E-state index in [0.717, 1.165) is 29.6 Å². The van der Waals surface area contributed by atoms with Crippen molar-refractivity contribution >= 4 is 34.1 Å². The number of phenols is 1. The average Bonchev–Trinajstić information content (AvgIpc) is 3.15. The molecular weight excluding hydrogens is 355 g/mol. The third kappa shape index (κ3) is 3.08. The monoisotopic (exact) mass is 373 g/mol. The SMILES string of the molecule is Oc1c([C@H](c2ccc(Cl)cc2)[NH+]2CCCC2)cc(Cl)c2cccnc12. The number of nitrogens with zero attached hydrogens (tertiary/aromatic N) is 1. The summed E-state index contributed by atoms with van der Waals surface area (Å²) in [6.07, 6.45) is 4.07. The minimum atomic E-state index is 0.0173. The fraction of sp³-hybridized carbons (Fsp3) is 0.250. The van der Waals surface area contributed by atoms with Crippen molar-refractivity contribution in [2.45, 2.75) is 18.9 Å². The standard InChI is InChI=1S/C20H18Cl2N2O/c21-14-7-5-13(6-8-14)19(24-10-1-2-11-24)16-12-17(22)15-4-3-9-23-18(15)20(16)25/h3-9,12,19,25H,1-2,10-11H2/p+1/t19-/m0/s1. The molecule has 0 unspecified atom stereocenters. The molecule has 0 radical (unpaired) electrons. The Morgan fingerprint density at radius 3 is 2.48 bits per heavy atom. The second-order valence-electron chi connectivity index (χ2n) is 6.55. The third-order valence-electron chi connectivity index (χ3n) is 5.01. The zero-order valence-corrected chi connectivity index (χ0v) is 15.2. The third-order valence-corrected chi connectivity index (χ3v) is 5.58. The molecule has 1 fully saturated rings. The number of likely N-dealkylation sites (tertiary alicyclic amines) is 1. The van der Waals surface area contributed by atoms with Gasteiger partial charge in [0.2, 0.25) is 0 Å². The van der Waals surface area contributed by atoms with Crippen LogP contribution in [0.2, 0.25) is 10.0 Å². The number of rotatable bonds is 3. The molecule has 0 spiro atoms. The molecule has 3 nitrogen and oxygen atoms in total. The lowest BCUT2D eigenvalue weighted by molar-refractivity contribution is -0.913. The number of aromatic nitrogens is 1. The summed E-state index contributed by atoms with van der Waals surface area (Å²) in [5.74, 6) is 0.222. The first-order chi connectivity index (χ1) is 12.1. The van der Waals surface area contributed by atoms with Crippen LogP contribution in [-0.4, -0.2) is 23.2 Å². The van der Waals surface area contributed by atoms with E-state index >= 15 is 0 Å². The Kier molecular flexibility index (Phi) is 4.55. The summed E-state index contributed by atoms with van der Waals surface area (Å²) in [4.78, 5) is 5.79. The lowest BCUT2D eigenvalue weighted by atomic mass is 9.95. The number of pyridine rings is 1. The van der Waals surface area contributed by atoms with E-state index in [4.69, 9.17) is 23.2 Å². The van der Waals surface area contributed by atoms with Gasteiger partial charge in [-0.2, -0.15) is 0 Å². The lowest BCUT2D eigenvalue weighted by Crippen LogP contribution is -3.10. The zero-order valence-electron chi connectivity index (χ0n) is 13.7. The van der Waals surface area contributed by atoms with Crippen molar-refractivity contribution in [3.8, 4) is 5.75 Å². The maximum atomic E-state index is 11.0. The molecule has 2 heterocycles. The van der Waals surface area contributed by atoms with Gasteiger partial charge >= 0.3 is 0 Å². The van der Waals surface area contributed by atoms with Crippen molar-refractivity contribution < 1.29 is 10.0 Å². The molecule has 0 saturated carbocycles. The van der Waals surface area contributed by atoms with Gasteiger partial charge in [-0.15, -0.1) is 0 Å². The van der Waals surface area contributed by atoms with Crippen LogP contribution in [0.5, 0.6) is 5.75 Å². The molecule has 128 valence electrons. The number of benzene rings is 2. The molecule has 1 aliphatic rings. The molecule has 3 aromatic rings. The number of hydrogen-bond donors (Lipinski definition) is 2. The summed E-state index contributed by atoms with van der Waals surface area (Å²) in [7, 11) is 0. The van der Waals surface area contributed by atoms with E-state index in [2.05, 4.69) is 4.98 Å². The minimum absolute atomic E-state index is 0.0173. The number of hydrogen-bond acceptors (Lipinski definition) is 2. The average molecular weight is 374 g/mol. The Hall–Kier alpha value is -1.81. The van der Waals surface area contributed by atoms with Gasteiger partial charge in [0.05, 0.1) is 23.7 Å². The van der Waals surface area contributed by atoms with Gasteiger partial charge in [0, 0.05) is 35.0 Å². The van der Waals surface area contributed by atoms with Gasteiger partial charge in [0.25, 0.3) is 0 Å². The molecule has 1 aromatic heterocycles. The van der Waals surface area contributed by atoms with Gasteiger partial charge < -0.3 is 10.0 Å². The summed E-state index contributed by atoms with van der Waals surface area (Å²) in [6.45, 7) is 2.15. The van der Waals surface area contributed by atoms with Crippen molar-refractivity contribution in [1.82, 2.24) is 4.98 Å². The van der Waals surface area contributed by atoms with E-state index in [0.29, 0.717) is 15.6 Å². The fourth-order valence-electron chi connectivity index (χ4n) is 3.83. The van der Waals surface area contributed by atoms with Crippen LogP contribution in [-0.2, 0) is 0 Å². The zero-order chi connectivity index (χ0) is 17.4. The first kappa shape index (κ1) is 16.6. The highest BCUT2D eigenvalue weighted by Gasteiger charge is 2.32. The van der Waals surface area contributed by atoms with Gasteiger partial charge in [-0.05, 0) is 30.3 Å². The van der Waals surface area contributed by atoms with E-state index < -0.39 is 0 Å². The summed E-state index contributed by atoms with van der Waals surface area (Å²) in [5, 5.41) is 13.1. The van der Waals surface area contributed by atoms with Gasteiger partial charge in [-0.25, -0.2) is 0 Å². The van der Waals surface area contributed by atoms with E-state index in [1.165, 1.54) is 17.7 Å². The van der Waals surface area contributed by atoms with E-state index in [1.54, 1.807) is 6.20 Å². The van der Waals surface area contributed by atoms with Crippen molar-refractivity contribution in [2.75, 3.05) is 13.1 Å². The molecule has 25 heavy (non-hydrogen) atoms. The fourth-order valence-corrected chi connectivity index (χ4v) is 4.23. The van der Waals surface area contributed by atoms with Gasteiger partial charge in [-0.1, -0.05) is 35.3 Å². The maximum Gasteiger partial charge on any atom is 0.151 e. The number of quaternary nitrogens is 1. The number of halogens is 2. The number of aromatic hydroxyl groups is 1. The summed E-state index contributed by atoms with van der Waals surface area (Å²) in [6, 6.07) is 13.5. The molecule has 4 rings (SSSR count). The first-order valence-corrected chi connectivity index (χ1v) is 9.27. The highest BCUT2D eigenvalue weighted by molar-refractivity contribution is 6.35. The van der Waals surface area contributed by atoms with Crippen molar-refractivity contribution in [3.63, 3.8) is 0 Å². The van der Waals surface area contributed by atoms with Crippen LogP contribution in [0.15, 0.2) is 48.7 Å². The van der Waals surface area contributed by atoms with Crippen LogP contribution >= 0.6 is 23.2 Å². The topological polar surface area (TPSA) is 37.6 Å². The van der Waals surface area contributed by atoms with Crippen molar-refractivity contribution in [1.29, 1.82) is 0 Å². The summed E-state index contributed by atoms with van der Waals surface area (Å²) >= 11 is 12.6. The van der Waals surface area contributed by atoms with Crippen LogP contribution < -0.4 is 4.90 Å². The Balaban J connectivity index is 1.91. The van der Waals surface area contributed by atoms with Gasteiger partial charge in [0.15, 0.2) is 5.75 Å². The first-order valence-electron chi connectivity index (χ1n) is 8.51. The second kappa shape index (κ2) is 6.83. The Labute approximate surface area is 156 Å². The Morgan fingerprint density at radius 1 is 1.04 bits per heavy atom. The Morgan fingerprint density at radius 2 is 1.76 bits per heavy atom. The normalized spacial score (nSPS) is 16.4. The smallest absolute Gasteiger partial charge is 0.151 e. The summed E-state index contributed by atoms with van der Waals surface area (Å²) in [5.41, 5.74) is 2.51. The Bertz CT molecular complexity index is 905. The molecule has 5 heteroatoms.